The summed E-state index contributed by atoms with van der Waals surface area (Å²) < 4.78 is 4.94. The lowest BCUT2D eigenvalue weighted by molar-refractivity contribution is -0.163. The van der Waals surface area contributed by atoms with Crippen molar-refractivity contribution in [3.63, 3.8) is 0 Å². The van der Waals surface area contributed by atoms with E-state index in [-0.39, 0.29) is 18.3 Å². The number of hydrogen-bond donors (Lipinski definition) is 2. The number of aliphatic hydroxyl groups is 2. The molecule has 0 aromatic heterocycles. The molecule has 1 heterocycles. The Bertz CT molecular complexity index is 203. The third-order valence-corrected chi connectivity index (χ3v) is 2.32. The molecule has 0 spiro atoms. The lowest BCUT2D eigenvalue weighted by Gasteiger charge is -2.25. The van der Waals surface area contributed by atoms with E-state index in [1.165, 1.54) is 0 Å². The molecular weight excluding hydrogens is 148 g/mol. The molecule has 4 nitrogen and oxygen atoms in total. The van der Waals surface area contributed by atoms with E-state index in [0.29, 0.717) is 12.8 Å². The van der Waals surface area contributed by atoms with Gasteiger partial charge < -0.3 is 14.9 Å². The number of aliphatic hydroxyl groups excluding tert-OH is 1. The zero-order valence-electron chi connectivity index (χ0n) is 5.99. The molecular formula is C7H10O4. The normalized spacial score (nSPS) is 49.8. The summed E-state index contributed by atoms with van der Waals surface area (Å²) in [6.45, 7) is 0. The molecule has 2 N–H and O–H groups in total. The number of ketones is 1. The molecule has 11 heavy (non-hydrogen) atoms. The molecule has 0 aromatic carbocycles. The number of hydrogen-bond acceptors (Lipinski definition) is 4. The van der Waals surface area contributed by atoms with Gasteiger partial charge in [0.25, 0.3) is 0 Å². The minimum Gasteiger partial charge on any atom is -0.384 e. The van der Waals surface area contributed by atoms with Gasteiger partial charge >= 0.3 is 0 Å². The maximum absolute atomic E-state index is 10.9. The molecule has 0 aromatic rings. The average molecular weight is 158 g/mol. The fourth-order valence-electron chi connectivity index (χ4n) is 1.80. The van der Waals surface area contributed by atoms with Gasteiger partial charge in [0.1, 0.15) is 11.4 Å². The van der Waals surface area contributed by atoms with Crippen molar-refractivity contribution in [2.75, 3.05) is 0 Å². The van der Waals surface area contributed by atoms with Gasteiger partial charge in [0.05, 0.1) is 6.10 Å². The minimum atomic E-state index is -1.29. The first-order valence-corrected chi connectivity index (χ1v) is 3.68. The molecule has 2 fully saturated rings. The monoisotopic (exact) mass is 158 g/mol. The largest absolute Gasteiger partial charge is 0.384 e. The molecule has 62 valence electrons. The van der Waals surface area contributed by atoms with Crippen molar-refractivity contribution in [1.29, 1.82) is 0 Å². The molecule has 1 aliphatic carbocycles. The number of Topliss-reactive ketones (excluding diaryl/α,β-unsaturated/α-hetero) is 1. The van der Waals surface area contributed by atoms with Gasteiger partial charge in [-0.15, -0.1) is 0 Å². The Morgan fingerprint density at radius 2 is 2.36 bits per heavy atom. The Kier molecular flexibility index (Phi) is 1.33. The quantitative estimate of drug-likeness (QED) is 0.483. The van der Waals surface area contributed by atoms with Crippen LogP contribution in [-0.4, -0.2) is 34.0 Å². The standard InChI is InChI=1S/C7H10O4/c8-4-1-5-3-7(10,2-4)6(9)11-5/h5-6,9-10H,1-3H2/t5-,6?,7-/m0/s1. The molecule has 2 rings (SSSR count). The van der Waals surface area contributed by atoms with E-state index in [0.717, 1.165) is 0 Å². The zero-order chi connectivity index (χ0) is 8.06. The Morgan fingerprint density at radius 3 is 3.00 bits per heavy atom. The predicted octanol–water partition coefficient (Wildman–Crippen LogP) is -0.812. The molecule has 3 atom stereocenters. The Balaban J connectivity index is 2.24. The van der Waals surface area contributed by atoms with Crippen LogP contribution in [0.5, 0.6) is 0 Å². The summed E-state index contributed by atoms with van der Waals surface area (Å²) in [4.78, 5) is 10.9. The van der Waals surface area contributed by atoms with Gasteiger partial charge in [0.2, 0.25) is 0 Å². The Morgan fingerprint density at radius 1 is 1.64 bits per heavy atom. The van der Waals surface area contributed by atoms with Gasteiger partial charge in [-0.3, -0.25) is 4.79 Å². The van der Waals surface area contributed by atoms with Crippen molar-refractivity contribution < 1.29 is 19.7 Å². The van der Waals surface area contributed by atoms with Crippen LogP contribution in [0.2, 0.25) is 0 Å². The van der Waals surface area contributed by atoms with Gasteiger partial charge in [-0.05, 0) is 0 Å². The van der Waals surface area contributed by atoms with Crippen LogP contribution < -0.4 is 0 Å². The van der Waals surface area contributed by atoms with Crippen LogP contribution in [0.3, 0.4) is 0 Å². The average Bonchev–Trinajstić information content (AvgIpc) is 2.02. The van der Waals surface area contributed by atoms with E-state index in [4.69, 9.17) is 9.84 Å². The molecule has 2 bridgehead atoms. The van der Waals surface area contributed by atoms with E-state index < -0.39 is 11.9 Å². The number of carbonyl (C=O) groups excluding carboxylic acids is 1. The molecule has 0 amide bonds. The highest BCUT2D eigenvalue weighted by atomic mass is 16.6. The molecule has 1 saturated heterocycles. The predicted molar refractivity (Wildman–Crippen MR) is 34.7 cm³/mol. The lowest BCUT2D eigenvalue weighted by Crippen LogP contribution is -2.41. The van der Waals surface area contributed by atoms with Gasteiger partial charge in [0, 0.05) is 19.3 Å². The van der Waals surface area contributed by atoms with Gasteiger partial charge in [-0.1, -0.05) is 0 Å². The number of carbonyl (C=O) groups is 1. The SMILES string of the molecule is O=C1C[C@H]2C[C@@](O)(C1)C(O)O2. The molecule has 1 saturated carbocycles. The second kappa shape index (κ2) is 2.03. The first kappa shape index (κ1) is 7.21. The van der Waals surface area contributed by atoms with Crippen LogP contribution in [0.25, 0.3) is 0 Å². The van der Waals surface area contributed by atoms with Crippen LogP contribution in [0, 0.1) is 0 Å². The summed E-state index contributed by atoms with van der Waals surface area (Å²) in [6.07, 6.45) is -0.681. The van der Waals surface area contributed by atoms with Crippen LogP contribution >= 0.6 is 0 Å². The van der Waals surface area contributed by atoms with Crippen molar-refractivity contribution >= 4 is 5.78 Å². The highest BCUT2D eigenvalue weighted by Gasteiger charge is 2.51. The third kappa shape index (κ3) is 0.982. The Labute approximate surface area is 63.8 Å². The summed E-state index contributed by atoms with van der Waals surface area (Å²) in [5, 5.41) is 18.7. The van der Waals surface area contributed by atoms with Crippen molar-refractivity contribution in [2.45, 2.75) is 37.3 Å². The second-order valence-corrected chi connectivity index (χ2v) is 3.34. The molecule has 2 aliphatic rings. The number of fused-ring (bicyclic) bond motifs is 2. The highest BCUT2D eigenvalue weighted by molar-refractivity contribution is 5.81. The number of rotatable bonds is 0. The smallest absolute Gasteiger partial charge is 0.184 e. The van der Waals surface area contributed by atoms with E-state index >= 15 is 0 Å². The van der Waals surface area contributed by atoms with Crippen molar-refractivity contribution in [3.8, 4) is 0 Å². The summed E-state index contributed by atoms with van der Waals surface area (Å²) in [5.74, 6) is -0.0275. The minimum absolute atomic E-state index is 0.0275. The van der Waals surface area contributed by atoms with Gasteiger partial charge in [0.15, 0.2) is 6.29 Å². The van der Waals surface area contributed by atoms with Gasteiger partial charge in [-0.25, -0.2) is 0 Å². The fourth-order valence-corrected chi connectivity index (χ4v) is 1.80. The maximum atomic E-state index is 10.9. The molecule has 1 aliphatic heterocycles. The number of ether oxygens (including phenoxy) is 1. The van der Waals surface area contributed by atoms with E-state index in [1.54, 1.807) is 0 Å². The highest BCUT2D eigenvalue weighted by Crippen LogP contribution is 2.38. The lowest BCUT2D eigenvalue weighted by atomic mass is 9.85. The second-order valence-electron chi connectivity index (χ2n) is 3.34. The van der Waals surface area contributed by atoms with Crippen LogP contribution in [0.1, 0.15) is 19.3 Å². The summed E-state index contributed by atoms with van der Waals surface area (Å²) in [7, 11) is 0. The molecule has 0 radical (unpaired) electrons. The zero-order valence-corrected chi connectivity index (χ0v) is 5.99. The first-order valence-electron chi connectivity index (χ1n) is 3.68. The summed E-state index contributed by atoms with van der Waals surface area (Å²) in [6, 6.07) is 0. The Hall–Kier alpha value is -0.450. The first-order chi connectivity index (χ1) is 5.10. The van der Waals surface area contributed by atoms with Gasteiger partial charge in [-0.2, -0.15) is 0 Å². The molecule has 4 heteroatoms. The van der Waals surface area contributed by atoms with Crippen molar-refractivity contribution in [3.05, 3.63) is 0 Å². The van der Waals surface area contributed by atoms with E-state index in [2.05, 4.69) is 0 Å². The fraction of sp³-hybridized carbons (Fsp3) is 0.857. The summed E-state index contributed by atoms with van der Waals surface area (Å²) in [5.41, 5.74) is -1.29. The van der Waals surface area contributed by atoms with Crippen LogP contribution in [0.4, 0.5) is 0 Å². The summed E-state index contributed by atoms with van der Waals surface area (Å²) >= 11 is 0. The van der Waals surface area contributed by atoms with Crippen molar-refractivity contribution in [1.82, 2.24) is 0 Å². The van der Waals surface area contributed by atoms with E-state index in [9.17, 15) is 9.90 Å². The van der Waals surface area contributed by atoms with Crippen LogP contribution in [-0.2, 0) is 9.53 Å². The van der Waals surface area contributed by atoms with Crippen molar-refractivity contribution in [2.24, 2.45) is 0 Å². The topological polar surface area (TPSA) is 66.8 Å². The van der Waals surface area contributed by atoms with Crippen LogP contribution in [0.15, 0.2) is 0 Å². The molecule has 1 unspecified atom stereocenters. The van der Waals surface area contributed by atoms with E-state index in [1.807, 2.05) is 0 Å². The maximum Gasteiger partial charge on any atom is 0.184 e. The third-order valence-electron chi connectivity index (χ3n) is 2.32.